The van der Waals surface area contributed by atoms with Crippen molar-refractivity contribution in [2.75, 3.05) is 18.5 Å². The van der Waals surface area contributed by atoms with Crippen LogP contribution in [-0.4, -0.2) is 63.1 Å². The highest BCUT2D eigenvalue weighted by Gasteiger charge is 2.68. The third-order valence-electron chi connectivity index (χ3n) is 8.58. The van der Waals surface area contributed by atoms with Crippen molar-refractivity contribution in [1.82, 2.24) is 25.2 Å². The molecule has 0 spiro atoms. The number of alkyl halides is 6. The molecule has 4 N–H and O–H groups in total. The standard InChI is InChI=1S/C30H33ClF6N6O4/c1-43-23-22(14-19(25(42-23)47-12-2-11-44)24(45)39-18-6-4-17(5-7-18)29(32,33)34)41-27(43)40-21-13-16(3-8-20(21)31)15-38-26(46)28(9-10-28)30(35,36)37/h3,8,13-14,17-18,44H,2,4-7,9-12,15H2,1H3,(H,38,46)(H,39,45)(H,40,41)/t17-,18-. The number of nitrogens with one attached hydrogen (secondary N) is 3. The molecule has 2 amide bonds. The molecule has 3 aromatic rings. The molecule has 0 bridgehead atoms. The first-order valence-corrected chi connectivity index (χ1v) is 15.4. The third-order valence-corrected chi connectivity index (χ3v) is 8.91. The molecule has 2 fully saturated rings. The van der Waals surface area contributed by atoms with Gasteiger partial charge in [-0.25, -0.2) is 4.98 Å². The van der Waals surface area contributed by atoms with Crippen LogP contribution in [0.5, 0.6) is 5.88 Å². The van der Waals surface area contributed by atoms with Gasteiger partial charge in [0, 0.05) is 32.7 Å². The zero-order valence-corrected chi connectivity index (χ0v) is 26.0. The molecule has 2 aliphatic rings. The van der Waals surface area contributed by atoms with Gasteiger partial charge < -0.3 is 25.8 Å². The van der Waals surface area contributed by atoms with E-state index in [1.54, 1.807) is 23.7 Å². The van der Waals surface area contributed by atoms with Gasteiger partial charge in [-0.3, -0.25) is 14.2 Å². The molecule has 5 rings (SSSR count). The molecular formula is C30H33ClF6N6O4. The number of amides is 2. The van der Waals surface area contributed by atoms with Gasteiger partial charge in [-0.15, -0.1) is 0 Å². The Bertz CT molecular complexity index is 1630. The lowest BCUT2D eigenvalue weighted by molar-refractivity contribution is -0.192. The Balaban J connectivity index is 1.34. The number of hydrogen-bond donors (Lipinski definition) is 4. The Hall–Kier alpha value is -3.79. The monoisotopic (exact) mass is 690 g/mol. The van der Waals surface area contributed by atoms with Gasteiger partial charge in [0.05, 0.1) is 23.2 Å². The number of carbonyl (C=O) groups excluding carboxylic acids is 2. The third kappa shape index (κ3) is 7.53. The summed E-state index contributed by atoms with van der Waals surface area (Å²) in [6.45, 7) is -0.297. The van der Waals surface area contributed by atoms with E-state index in [4.69, 9.17) is 16.3 Å². The average Bonchev–Trinajstić information content (AvgIpc) is 3.78. The first-order chi connectivity index (χ1) is 22.1. The van der Waals surface area contributed by atoms with E-state index in [1.807, 2.05) is 0 Å². The number of ether oxygens (including phenoxy) is 1. The van der Waals surface area contributed by atoms with E-state index in [2.05, 4.69) is 25.9 Å². The van der Waals surface area contributed by atoms with Gasteiger partial charge >= 0.3 is 12.4 Å². The molecule has 10 nitrogen and oxygen atoms in total. The lowest BCUT2D eigenvalue weighted by Crippen LogP contribution is -2.40. The molecule has 2 saturated carbocycles. The van der Waals surface area contributed by atoms with Crippen LogP contribution in [0.2, 0.25) is 5.02 Å². The number of hydrogen-bond acceptors (Lipinski definition) is 7. The van der Waals surface area contributed by atoms with Crippen LogP contribution in [0.1, 0.15) is 60.9 Å². The normalized spacial score (nSPS) is 19.3. The van der Waals surface area contributed by atoms with Crippen molar-refractivity contribution in [3.05, 3.63) is 40.4 Å². The maximum absolute atomic E-state index is 13.3. The first kappa shape index (κ1) is 34.5. The van der Waals surface area contributed by atoms with Gasteiger partial charge in [-0.05, 0) is 62.3 Å². The predicted octanol–water partition coefficient (Wildman–Crippen LogP) is 5.94. The Morgan fingerprint density at radius 1 is 1.09 bits per heavy atom. The number of anilines is 2. The van der Waals surface area contributed by atoms with E-state index in [-0.39, 0.29) is 92.6 Å². The van der Waals surface area contributed by atoms with E-state index < -0.39 is 41.5 Å². The van der Waals surface area contributed by atoms with Crippen LogP contribution in [0, 0.1) is 11.3 Å². The van der Waals surface area contributed by atoms with Gasteiger partial charge in [-0.1, -0.05) is 17.7 Å². The Kier molecular flexibility index (Phi) is 9.83. The van der Waals surface area contributed by atoms with Crippen molar-refractivity contribution in [2.45, 2.75) is 69.9 Å². The fourth-order valence-electron chi connectivity index (χ4n) is 5.56. The van der Waals surface area contributed by atoms with E-state index in [0.29, 0.717) is 16.9 Å². The van der Waals surface area contributed by atoms with Gasteiger partial charge in [0.1, 0.15) is 16.5 Å². The van der Waals surface area contributed by atoms with E-state index in [0.717, 1.165) is 0 Å². The molecular weight excluding hydrogens is 658 g/mol. The highest BCUT2D eigenvalue weighted by Crippen LogP contribution is 2.57. The lowest BCUT2D eigenvalue weighted by Gasteiger charge is -2.30. The summed E-state index contributed by atoms with van der Waals surface area (Å²) in [5, 5.41) is 17.6. The molecule has 0 radical (unpaired) electrons. The molecule has 2 aliphatic carbocycles. The van der Waals surface area contributed by atoms with Crippen molar-refractivity contribution < 1.29 is 45.8 Å². The largest absolute Gasteiger partial charge is 0.477 e. The second-order valence-corrected chi connectivity index (χ2v) is 12.3. The molecule has 2 aromatic heterocycles. The van der Waals surface area contributed by atoms with Crippen LogP contribution in [0.3, 0.4) is 0 Å². The number of aliphatic hydroxyl groups excluding tert-OH is 1. The number of aromatic nitrogens is 3. The predicted molar refractivity (Wildman–Crippen MR) is 159 cm³/mol. The summed E-state index contributed by atoms with van der Waals surface area (Å²) in [4.78, 5) is 34.6. The molecule has 2 heterocycles. The topological polar surface area (TPSA) is 130 Å². The first-order valence-electron chi connectivity index (χ1n) is 15.0. The van der Waals surface area contributed by atoms with E-state index in [1.165, 1.54) is 12.1 Å². The highest BCUT2D eigenvalue weighted by molar-refractivity contribution is 6.33. The minimum atomic E-state index is -4.63. The minimum absolute atomic E-state index is 0.0149. The number of fused-ring (bicyclic) bond motifs is 1. The van der Waals surface area contributed by atoms with Crippen LogP contribution >= 0.6 is 11.6 Å². The van der Waals surface area contributed by atoms with Crippen LogP contribution < -0.4 is 20.7 Å². The molecule has 0 atom stereocenters. The zero-order valence-electron chi connectivity index (χ0n) is 25.2. The number of benzene rings is 1. The second-order valence-electron chi connectivity index (χ2n) is 11.9. The lowest BCUT2D eigenvalue weighted by atomic mass is 9.85. The molecule has 17 heteroatoms. The van der Waals surface area contributed by atoms with E-state index in [9.17, 15) is 41.0 Å². The summed E-state index contributed by atoms with van der Waals surface area (Å²) in [6, 6.07) is 5.61. The average molecular weight is 691 g/mol. The zero-order chi connectivity index (χ0) is 34.1. The number of pyridine rings is 1. The van der Waals surface area contributed by atoms with Crippen LogP contribution in [0.4, 0.5) is 38.0 Å². The maximum atomic E-state index is 13.3. The quantitative estimate of drug-likeness (QED) is 0.145. The Labute approximate surface area is 270 Å². The van der Waals surface area contributed by atoms with E-state index >= 15 is 0 Å². The molecule has 256 valence electrons. The number of rotatable bonds is 11. The van der Waals surface area contributed by atoms with Crippen molar-refractivity contribution in [1.29, 1.82) is 0 Å². The van der Waals surface area contributed by atoms with Crippen molar-refractivity contribution in [3.8, 4) is 5.88 Å². The van der Waals surface area contributed by atoms with Gasteiger partial charge in [0.25, 0.3) is 5.91 Å². The number of aliphatic hydroxyl groups is 1. The summed E-state index contributed by atoms with van der Waals surface area (Å²) in [7, 11) is 1.63. The number of halogens is 7. The van der Waals surface area contributed by atoms with Gasteiger partial charge in [0.2, 0.25) is 17.7 Å². The second kappa shape index (κ2) is 13.4. The summed E-state index contributed by atoms with van der Waals surface area (Å²) in [5.41, 5.74) is -0.944. The number of carbonyl (C=O) groups is 2. The minimum Gasteiger partial charge on any atom is -0.477 e. The Morgan fingerprint density at radius 2 is 1.79 bits per heavy atom. The number of imidazole rings is 1. The summed E-state index contributed by atoms with van der Waals surface area (Å²) >= 11 is 6.38. The fourth-order valence-corrected chi connectivity index (χ4v) is 5.72. The fraction of sp³-hybridized carbons (Fsp3) is 0.533. The van der Waals surface area contributed by atoms with Crippen LogP contribution in [0.15, 0.2) is 24.3 Å². The molecule has 0 aliphatic heterocycles. The van der Waals surface area contributed by atoms with Crippen molar-refractivity contribution in [3.63, 3.8) is 0 Å². The molecule has 0 saturated heterocycles. The van der Waals surface area contributed by atoms with Gasteiger partial charge in [-0.2, -0.15) is 31.3 Å². The summed E-state index contributed by atoms with van der Waals surface area (Å²) in [5.74, 6) is -2.89. The SMILES string of the molecule is Cn1c(Nc2cc(CNC(=O)C3(C(F)(F)F)CC3)ccc2Cl)nc2cc(C(=O)N[C@H]3CC[C@H](C(F)(F)F)CC3)c(OCCCO)nc21. The summed E-state index contributed by atoms with van der Waals surface area (Å²) in [6.07, 6.45) is -9.01. The molecule has 47 heavy (non-hydrogen) atoms. The number of aryl methyl sites for hydroxylation is 1. The smallest absolute Gasteiger partial charge is 0.403 e. The number of nitrogens with zero attached hydrogens (tertiary/aromatic N) is 3. The van der Waals surface area contributed by atoms with Crippen LogP contribution in [0.25, 0.3) is 11.2 Å². The Morgan fingerprint density at radius 3 is 2.40 bits per heavy atom. The van der Waals surface area contributed by atoms with Gasteiger partial charge in [0.15, 0.2) is 5.65 Å². The van der Waals surface area contributed by atoms with Crippen molar-refractivity contribution >= 4 is 46.2 Å². The maximum Gasteiger partial charge on any atom is 0.403 e. The highest BCUT2D eigenvalue weighted by atomic mass is 35.5. The summed E-state index contributed by atoms with van der Waals surface area (Å²) < 4.78 is 86.5. The molecule has 1 aromatic carbocycles. The van der Waals surface area contributed by atoms with Crippen molar-refractivity contribution in [2.24, 2.45) is 18.4 Å². The van der Waals surface area contributed by atoms with Crippen LogP contribution in [-0.2, 0) is 18.4 Å². The molecule has 0 unspecified atom stereocenters.